The molecule has 82 valence electrons. The van der Waals surface area contributed by atoms with Crippen LogP contribution in [0.5, 0.6) is 0 Å². The zero-order valence-electron chi connectivity index (χ0n) is 7.69. The van der Waals surface area contributed by atoms with Crippen molar-refractivity contribution in [3.05, 3.63) is 27.1 Å². The molecule has 2 aromatic rings. The van der Waals surface area contributed by atoms with Gasteiger partial charge in [-0.25, -0.2) is 5.43 Å². The summed E-state index contributed by atoms with van der Waals surface area (Å²) < 4.78 is 0. The number of nitrogens with zero attached hydrogens (tertiary/aromatic N) is 5. The number of aromatic amines is 1. The fourth-order valence-corrected chi connectivity index (χ4v) is 1.57. The van der Waals surface area contributed by atoms with Crippen LogP contribution in [0.2, 0.25) is 0 Å². The Bertz CT molecular complexity index is 505. The predicted molar refractivity (Wildman–Crippen MR) is 56.4 cm³/mol. The molecule has 2 aromatic heterocycles. The normalized spacial score (nSPS) is 10.8. The fourth-order valence-electron chi connectivity index (χ4n) is 0.873. The molecule has 0 aliphatic carbocycles. The van der Waals surface area contributed by atoms with Gasteiger partial charge < -0.3 is 0 Å². The standard InChI is InChI=1S/C6H5N7O2S/c14-13(15)5-2-1-4(16-5)3-7-8-6-9-11-12-10-6/h1-3H,(H2,8,9,10,11,12)/b7-3-. The van der Waals surface area contributed by atoms with Gasteiger partial charge in [-0.2, -0.15) is 10.3 Å². The molecule has 0 aliphatic heterocycles. The van der Waals surface area contributed by atoms with Crippen LogP contribution in [-0.2, 0) is 0 Å². The van der Waals surface area contributed by atoms with Gasteiger partial charge in [0.25, 0.3) is 5.95 Å². The Morgan fingerprint density at radius 2 is 2.50 bits per heavy atom. The summed E-state index contributed by atoms with van der Waals surface area (Å²) in [6, 6.07) is 3.02. The number of nitrogens with one attached hydrogen (secondary N) is 2. The molecule has 0 unspecified atom stereocenters. The number of rotatable bonds is 4. The molecular weight excluding hydrogens is 234 g/mol. The zero-order valence-corrected chi connectivity index (χ0v) is 8.51. The summed E-state index contributed by atoms with van der Waals surface area (Å²) >= 11 is 1.03. The SMILES string of the molecule is O=[N+]([O-])c1ccc(/C=N\Nc2nn[nH]n2)s1. The van der Waals surface area contributed by atoms with Crippen LogP contribution in [0.3, 0.4) is 0 Å². The van der Waals surface area contributed by atoms with Crippen molar-refractivity contribution >= 4 is 28.5 Å². The van der Waals surface area contributed by atoms with Crippen molar-refractivity contribution in [3.8, 4) is 0 Å². The maximum Gasteiger partial charge on any atom is 0.324 e. The first-order valence-electron chi connectivity index (χ1n) is 4.02. The minimum absolute atomic E-state index is 0.0704. The van der Waals surface area contributed by atoms with Crippen molar-refractivity contribution in [1.29, 1.82) is 0 Å². The molecule has 0 atom stereocenters. The Morgan fingerprint density at radius 3 is 3.12 bits per heavy atom. The van der Waals surface area contributed by atoms with Gasteiger partial charge in [0, 0.05) is 6.07 Å². The molecule has 0 aliphatic rings. The second-order valence-corrected chi connectivity index (χ2v) is 3.63. The van der Waals surface area contributed by atoms with Gasteiger partial charge in [0.2, 0.25) is 0 Å². The number of tetrazole rings is 1. The summed E-state index contributed by atoms with van der Waals surface area (Å²) in [6.07, 6.45) is 1.44. The first-order chi connectivity index (χ1) is 7.75. The third-order valence-electron chi connectivity index (χ3n) is 1.49. The second kappa shape index (κ2) is 4.44. The smallest absolute Gasteiger partial charge is 0.258 e. The topological polar surface area (TPSA) is 122 Å². The first kappa shape index (κ1) is 10.2. The van der Waals surface area contributed by atoms with E-state index in [1.54, 1.807) is 6.07 Å². The highest BCUT2D eigenvalue weighted by Crippen LogP contribution is 2.22. The van der Waals surface area contributed by atoms with Crippen LogP contribution in [0.4, 0.5) is 10.9 Å². The molecule has 2 N–H and O–H groups in total. The fraction of sp³-hybridized carbons (Fsp3) is 0. The van der Waals surface area contributed by atoms with E-state index in [2.05, 4.69) is 31.2 Å². The molecular formula is C6H5N7O2S. The van der Waals surface area contributed by atoms with E-state index in [0.717, 1.165) is 11.3 Å². The lowest BCUT2D eigenvalue weighted by molar-refractivity contribution is -0.380. The van der Waals surface area contributed by atoms with E-state index in [-0.39, 0.29) is 10.9 Å². The Balaban J connectivity index is 1.98. The quantitative estimate of drug-likeness (QED) is 0.458. The minimum atomic E-state index is -0.450. The van der Waals surface area contributed by atoms with Crippen LogP contribution in [-0.4, -0.2) is 31.8 Å². The average molecular weight is 239 g/mol. The summed E-state index contributed by atoms with van der Waals surface area (Å²) in [6.45, 7) is 0. The zero-order chi connectivity index (χ0) is 11.4. The molecule has 10 heteroatoms. The summed E-state index contributed by atoms with van der Waals surface area (Å²) in [5, 5.41) is 27.0. The van der Waals surface area contributed by atoms with E-state index in [1.165, 1.54) is 12.3 Å². The van der Waals surface area contributed by atoms with E-state index in [4.69, 9.17) is 0 Å². The summed E-state index contributed by atoms with van der Waals surface area (Å²) in [7, 11) is 0. The van der Waals surface area contributed by atoms with Crippen molar-refractivity contribution < 1.29 is 4.92 Å². The molecule has 0 fully saturated rings. The molecule has 0 bridgehead atoms. The van der Waals surface area contributed by atoms with Crippen LogP contribution < -0.4 is 5.43 Å². The van der Waals surface area contributed by atoms with E-state index < -0.39 is 4.92 Å². The maximum atomic E-state index is 10.4. The number of nitro groups is 1. The number of aromatic nitrogens is 4. The molecule has 16 heavy (non-hydrogen) atoms. The van der Waals surface area contributed by atoms with Crippen LogP contribution in [0, 0.1) is 10.1 Å². The largest absolute Gasteiger partial charge is 0.324 e. The third kappa shape index (κ3) is 2.36. The highest BCUT2D eigenvalue weighted by Gasteiger charge is 2.07. The molecule has 0 aromatic carbocycles. The van der Waals surface area contributed by atoms with Crippen LogP contribution in [0.1, 0.15) is 4.88 Å². The van der Waals surface area contributed by atoms with Crippen molar-refractivity contribution in [2.75, 3.05) is 5.43 Å². The van der Waals surface area contributed by atoms with Gasteiger partial charge in [-0.1, -0.05) is 16.4 Å². The van der Waals surface area contributed by atoms with E-state index in [1.807, 2.05) is 0 Å². The number of anilines is 1. The summed E-state index contributed by atoms with van der Waals surface area (Å²) in [5.41, 5.74) is 2.50. The van der Waals surface area contributed by atoms with Gasteiger partial charge in [-0.3, -0.25) is 10.1 Å². The van der Waals surface area contributed by atoms with E-state index in [0.29, 0.717) is 4.88 Å². The molecule has 0 radical (unpaired) electrons. The summed E-state index contributed by atoms with van der Waals surface area (Å²) in [4.78, 5) is 10.6. The molecule has 0 saturated carbocycles. The highest BCUT2D eigenvalue weighted by atomic mass is 32.1. The van der Waals surface area contributed by atoms with E-state index in [9.17, 15) is 10.1 Å². The van der Waals surface area contributed by atoms with Crippen molar-refractivity contribution in [3.63, 3.8) is 0 Å². The van der Waals surface area contributed by atoms with Crippen LogP contribution in [0.15, 0.2) is 17.2 Å². The summed E-state index contributed by atoms with van der Waals surface area (Å²) in [5.74, 6) is 0.224. The van der Waals surface area contributed by atoms with E-state index >= 15 is 0 Å². The van der Waals surface area contributed by atoms with Crippen LogP contribution >= 0.6 is 11.3 Å². The van der Waals surface area contributed by atoms with Gasteiger partial charge in [0.15, 0.2) is 0 Å². The Hall–Kier alpha value is -2.36. The van der Waals surface area contributed by atoms with Gasteiger partial charge in [-0.15, -0.1) is 5.10 Å². The van der Waals surface area contributed by atoms with Crippen molar-refractivity contribution in [2.24, 2.45) is 5.10 Å². The number of hydrogen-bond acceptors (Lipinski definition) is 8. The third-order valence-corrected chi connectivity index (χ3v) is 2.47. The van der Waals surface area contributed by atoms with Gasteiger partial charge >= 0.3 is 5.00 Å². The highest BCUT2D eigenvalue weighted by molar-refractivity contribution is 7.16. The Morgan fingerprint density at radius 1 is 1.62 bits per heavy atom. The lowest BCUT2D eigenvalue weighted by atomic mass is 10.5. The van der Waals surface area contributed by atoms with Gasteiger partial charge in [0.05, 0.1) is 16.0 Å². The Kier molecular flexibility index (Phi) is 2.82. The predicted octanol–water partition coefficient (Wildman–Crippen LogP) is 0.615. The molecule has 0 spiro atoms. The lowest BCUT2D eigenvalue weighted by Gasteiger charge is -1.87. The second-order valence-electron chi connectivity index (χ2n) is 2.54. The van der Waals surface area contributed by atoms with Crippen molar-refractivity contribution in [1.82, 2.24) is 20.6 Å². The first-order valence-corrected chi connectivity index (χ1v) is 4.84. The molecule has 2 heterocycles. The Labute approximate surface area is 92.3 Å². The van der Waals surface area contributed by atoms with Crippen LogP contribution in [0.25, 0.3) is 0 Å². The number of thiophene rings is 1. The number of hydrogen-bond donors (Lipinski definition) is 2. The number of hydrazone groups is 1. The molecule has 0 saturated heterocycles. The maximum absolute atomic E-state index is 10.4. The van der Waals surface area contributed by atoms with Gasteiger partial charge in [0.1, 0.15) is 0 Å². The number of H-pyrrole nitrogens is 1. The molecule has 0 amide bonds. The monoisotopic (exact) mass is 239 g/mol. The lowest BCUT2D eigenvalue weighted by Crippen LogP contribution is -1.91. The molecule has 2 rings (SSSR count). The average Bonchev–Trinajstić information content (AvgIpc) is 2.87. The van der Waals surface area contributed by atoms with Gasteiger partial charge in [-0.05, 0) is 11.3 Å². The molecule has 9 nitrogen and oxygen atoms in total. The van der Waals surface area contributed by atoms with Crippen molar-refractivity contribution in [2.45, 2.75) is 0 Å². The minimum Gasteiger partial charge on any atom is -0.258 e.